The van der Waals surface area contributed by atoms with E-state index in [1.807, 2.05) is 72.8 Å². The monoisotopic (exact) mass is 635 g/mol. The number of nitriles is 2. The molecule has 0 saturated heterocycles. The van der Waals surface area contributed by atoms with E-state index in [0.717, 1.165) is 77.2 Å². The molecule has 0 saturated carbocycles. The molecule has 0 aliphatic heterocycles. The quantitative estimate of drug-likeness (QED) is 0.181. The lowest BCUT2D eigenvalue weighted by atomic mass is 9.92. The van der Waals surface area contributed by atoms with E-state index < -0.39 is 0 Å². The minimum atomic E-state index is 0.551. The van der Waals surface area contributed by atoms with Gasteiger partial charge in [-0.1, -0.05) is 91.0 Å². The zero-order valence-electron chi connectivity index (χ0n) is 26.7. The third kappa shape index (κ3) is 4.31. The van der Waals surface area contributed by atoms with Crippen LogP contribution in [0.4, 0.5) is 5.69 Å². The molecule has 0 radical (unpaired) electrons. The third-order valence-electron chi connectivity index (χ3n) is 9.62. The maximum atomic E-state index is 10.6. The fourth-order valence-electron chi connectivity index (χ4n) is 7.45. The molecule has 0 atom stereocenters. The van der Waals surface area contributed by atoms with Gasteiger partial charge in [-0.15, -0.1) is 0 Å². The lowest BCUT2D eigenvalue weighted by Gasteiger charge is -2.18. The fraction of sp³-hybridized carbons (Fsp3) is 0. The summed E-state index contributed by atoms with van der Waals surface area (Å²) < 4.78 is 4.41. The Labute approximate surface area is 288 Å². The van der Waals surface area contributed by atoms with E-state index in [4.69, 9.17) is 6.57 Å². The van der Waals surface area contributed by atoms with Gasteiger partial charge >= 0.3 is 0 Å². The van der Waals surface area contributed by atoms with Gasteiger partial charge in [-0.3, -0.25) is 0 Å². The van der Waals surface area contributed by atoms with Crippen molar-refractivity contribution in [3.8, 4) is 45.8 Å². The highest BCUT2D eigenvalue weighted by Crippen LogP contribution is 2.41. The maximum absolute atomic E-state index is 10.6. The molecule has 0 fully saturated rings. The molecular formula is C45H25N5. The van der Waals surface area contributed by atoms with Crippen molar-refractivity contribution >= 4 is 49.3 Å². The minimum Gasteiger partial charge on any atom is -0.309 e. The molecule has 2 aromatic heterocycles. The zero-order chi connectivity index (χ0) is 33.8. The van der Waals surface area contributed by atoms with Crippen molar-refractivity contribution in [1.29, 1.82) is 10.5 Å². The molecular weight excluding hydrogens is 611 g/mol. The maximum Gasteiger partial charge on any atom is 0.188 e. The summed E-state index contributed by atoms with van der Waals surface area (Å²) in [5, 5.41) is 24.3. The number of rotatable bonds is 4. The van der Waals surface area contributed by atoms with Gasteiger partial charge in [-0.05, 0) is 82.7 Å². The summed E-state index contributed by atoms with van der Waals surface area (Å²) in [6.45, 7) is 7.60. The molecule has 0 amide bonds. The molecule has 2 heterocycles. The Morgan fingerprint density at radius 3 is 1.74 bits per heavy atom. The van der Waals surface area contributed by atoms with E-state index in [0.29, 0.717) is 16.8 Å². The molecule has 5 heteroatoms. The number of benzene rings is 7. The van der Waals surface area contributed by atoms with Gasteiger partial charge in [0.15, 0.2) is 5.69 Å². The van der Waals surface area contributed by atoms with E-state index in [2.05, 4.69) is 105 Å². The smallest absolute Gasteiger partial charge is 0.188 e. The zero-order valence-corrected chi connectivity index (χ0v) is 26.7. The van der Waals surface area contributed by atoms with Crippen molar-refractivity contribution in [2.75, 3.05) is 0 Å². The highest BCUT2D eigenvalue weighted by molar-refractivity contribution is 6.11. The number of para-hydroxylation sites is 3. The summed E-state index contributed by atoms with van der Waals surface area (Å²) in [5.74, 6) is 0. The predicted octanol–water partition coefficient (Wildman–Crippen LogP) is 11.5. The van der Waals surface area contributed by atoms with Crippen LogP contribution < -0.4 is 0 Å². The Morgan fingerprint density at radius 1 is 0.460 bits per heavy atom. The molecule has 5 nitrogen and oxygen atoms in total. The summed E-state index contributed by atoms with van der Waals surface area (Å²) >= 11 is 0. The van der Waals surface area contributed by atoms with Crippen molar-refractivity contribution in [3.63, 3.8) is 0 Å². The number of hydrogen-bond acceptors (Lipinski definition) is 2. The second kappa shape index (κ2) is 11.4. The van der Waals surface area contributed by atoms with Gasteiger partial charge in [-0.25, -0.2) is 4.85 Å². The van der Waals surface area contributed by atoms with Crippen molar-refractivity contribution in [3.05, 3.63) is 174 Å². The van der Waals surface area contributed by atoms with Crippen LogP contribution in [-0.4, -0.2) is 9.13 Å². The molecule has 230 valence electrons. The van der Waals surface area contributed by atoms with Gasteiger partial charge in [0.2, 0.25) is 0 Å². The first-order valence-corrected chi connectivity index (χ1v) is 16.3. The second-order valence-electron chi connectivity index (χ2n) is 12.3. The van der Waals surface area contributed by atoms with Gasteiger partial charge in [0, 0.05) is 21.7 Å². The van der Waals surface area contributed by atoms with Crippen LogP contribution in [0.1, 0.15) is 11.1 Å². The van der Waals surface area contributed by atoms with E-state index in [1.165, 1.54) is 0 Å². The van der Waals surface area contributed by atoms with E-state index in [-0.39, 0.29) is 0 Å². The van der Waals surface area contributed by atoms with Gasteiger partial charge in [-0.2, -0.15) is 10.5 Å². The number of nitrogens with zero attached hydrogens (tertiary/aromatic N) is 5. The van der Waals surface area contributed by atoms with Gasteiger partial charge in [0.25, 0.3) is 0 Å². The molecule has 0 spiro atoms. The molecule has 0 aliphatic rings. The van der Waals surface area contributed by atoms with Crippen LogP contribution in [0.5, 0.6) is 0 Å². The highest BCUT2D eigenvalue weighted by atomic mass is 15.0. The Morgan fingerprint density at radius 2 is 1.04 bits per heavy atom. The molecule has 7 aromatic carbocycles. The average molecular weight is 636 g/mol. The Bertz CT molecular complexity index is 2970. The standard InChI is InChI=1S/C45H25N5/c1-48-32-20-23-45-39(26-32)37-14-6-9-17-43(37)50(45)41-15-7-4-12-35(41)34-11-3-2-10-33(34)30-19-22-40(31(25-30)28-47)49-42-16-8-5-13-36(42)38-24-29(27-46)18-21-44(38)49/h2-26H. The fourth-order valence-corrected chi connectivity index (χ4v) is 7.45. The number of fused-ring (bicyclic) bond motifs is 6. The summed E-state index contributed by atoms with van der Waals surface area (Å²) in [6, 6.07) is 55.6. The SMILES string of the molecule is [C-]#[N+]c1ccc2c(c1)c1ccccc1n2-c1ccccc1-c1ccccc1-c1ccc(-n2c3ccccc3c3cc(C#N)ccc32)c(C#N)c1. The molecule has 50 heavy (non-hydrogen) atoms. The van der Waals surface area contributed by atoms with E-state index in [9.17, 15) is 10.5 Å². The minimum absolute atomic E-state index is 0.551. The Hall–Kier alpha value is -7.39. The van der Waals surface area contributed by atoms with Crippen LogP contribution in [0.3, 0.4) is 0 Å². The number of hydrogen-bond donors (Lipinski definition) is 0. The molecule has 9 aromatic rings. The van der Waals surface area contributed by atoms with Crippen LogP contribution in [0.2, 0.25) is 0 Å². The topological polar surface area (TPSA) is 61.8 Å². The summed E-state index contributed by atoms with van der Waals surface area (Å²) in [7, 11) is 0. The first-order chi connectivity index (χ1) is 24.7. The highest BCUT2D eigenvalue weighted by Gasteiger charge is 2.20. The van der Waals surface area contributed by atoms with Gasteiger partial charge in [0.05, 0.1) is 57.2 Å². The lowest BCUT2D eigenvalue weighted by Crippen LogP contribution is -1.99. The van der Waals surface area contributed by atoms with Crippen molar-refractivity contribution in [1.82, 2.24) is 9.13 Å². The first kappa shape index (κ1) is 28.8. The van der Waals surface area contributed by atoms with Gasteiger partial charge in [0.1, 0.15) is 6.07 Å². The first-order valence-electron chi connectivity index (χ1n) is 16.3. The second-order valence-corrected chi connectivity index (χ2v) is 12.3. The largest absolute Gasteiger partial charge is 0.309 e. The van der Waals surface area contributed by atoms with Crippen LogP contribution in [0.15, 0.2) is 152 Å². The van der Waals surface area contributed by atoms with Crippen LogP contribution in [-0.2, 0) is 0 Å². The lowest BCUT2D eigenvalue weighted by molar-refractivity contribution is 1.17. The molecule has 0 aliphatic carbocycles. The number of aromatic nitrogens is 2. The van der Waals surface area contributed by atoms with E-state index in [1.54, 1.807) is 0 Å². The van der Waals surface area contributed by atoms with Crippen LogP contribution in [0.25, 0.3) is 82.1 Å². The van der Waals surface area contributed by atoms with Crippen LogP contribution in [0, 0.1) is 29.2 Å². The molecule has 0 N–H and O–H groups in total. The van der Waals surface area contributed by atoms with Crippen molar-refractivity contribution < 1.29 is 0 Å². The summed E-state index contributed by atoms with van der Waals surface area (Å²) in [4.78, 5) is 3.70. The Balaban J connectivity index is 1.24. The van der Waals surface area contributed by atoms with Gasteiger partial charge < -0.3 is 9.13 Å². The third-order valence-corrected chi connectivity index (χ3v) is 9.62. The molecule has 9 rings (SSSR count). The predicted molar refractivity (Wildman–Crippen MR) is 202 cm³/mol. The molecule has 0 bridgehead atoms. The Kier molecular flexibility index (Phi) is 6.56. The summed E-state index contributed by atoms with van der Waals surface area (Å²) in [6.07, 6.45) is 0. The average Bonchev–Trinajstić information content (AvgIpc) is 3.69. The molecule has 0 unspecified atom stereocenters. The van der Waals surface area contributed by atoms with E-state index >= 15 is 0 Å². The van der Waals surface area contributed by atoms with Crippen molar-refractivity contribution in [2.45, 2.75) is 0 Å². The summed E-state index contributed by atoms with van der Waals surface area (Å²) in [5.41, 5.74) is 11.7. The van der Waals surface area contributed by atoms with Crippen LogP contribution >= 0.6 is 0 Å². The normalized spacial score (nSPS) is 11.1. The van der Waals surface area contributed by atoms with Crippen molar-refractivity contribution in [2.24, 2.45) is 0 Å².